The second kappa shape index (κ2) is 2.31. The topological polar surface area (TPSA) is 0 Å². The molecule has 0 saturated heterocycles. The first kappa shape index (κ1) is 2.53. The Hall–Kier alpha value is -0.300. The van der Waals surface area contributed by atoms with Crippen molar-refractivity contribution in [1.82, 2.24) is 0 Å². The maximum atomic E-state index is 7.34. The number of hydrogen-bond donors (Lipinski definition) is 0. The molecule has 0 heterocycles. The van der Waals surface area contributed by atoms with E-state index in [1.807, 2.05) is 0 Å². The summed E-state index contributed by atoms with van der Waals surface area (Å²) < 4.78 is 29.1. The summed E-state index contributed by atoms with van der Waals surface area (Å²) in [5.41, 5.74) is 0.190. The lowest BCUT2D eigenvalue weighted by molar-refractivity contribution is 1.43. The van der Waals surface area contributed by atoms with Crippen LogP contribution in [0.15, 0.2) is 28.7 Å². The van der Waals surface area contributed by atoms with E-state index in [1.165, 1.54) is 6.07 Å². The van der Waals surface area contributed by atoms with Crippen molar-refractivity contribution in [2.45, 2.75) is 6.85 Å². The van der Waals surface area contributed by atoms with Gasteiger partial charge in [-0.3, -0.25) is 0 Å². The molecule has 1 heteroatoms. The molecule has 8 heavy (non-hydrogen) atoms. The molecule has 0 spiro atoms. The molecular weight excluding hydrogens is 164 g/mol. The first-order chi connectivity index (χ1) is 5.43. The van der Waals surface area contributed by atoms with Crippen LogP contribution in [0.2, 0.25) is 0 Å². The van der Waals surface area contributed by atoms with E-state index in [0.29, 0.717) is 4.47 Å². The molecule has 0 N–H and O–H groups in total. The second-order valence-electron chi connectivity index (χ2n) is 1.40. The zero-order chi connectivity index (χ0) is 9.35. The highest BCUT2D eigenvalue weighted by Gasteiger charge is 1.85. The third-order valence-corrected chi connectivity index (χ3v) is 1.46. The highest BCUT2D eigenvalue weighted by molar-refractivity contribution is 9.10. The first-order valence-electron chi connectivity index (χ1n) is 4.18. The van der Waals surface area contributed by atoms with Gasteiger partial charge in [0.2, 0.25) is 0 Å². The summed E-state index contributed by atoms with van der Waals surface area (Å²) in [5.74, 6) is 0. The van der Waals surface area contributed by atoms with Crippen LogP contribution >= 0.6 is 15.9 Å². The molecule has 1 aromatic rings. The molecule has 0 aliphatic rings. The van der Waals surface area contributed by atoms with Crippen molar-refractivity contribution >= 4 is 15.9 Å². The zero-order valence-corrected chi connectivity index (χ0v) is 5.70. The van der Waals surface area contributed by atoms with Gasteiger partial charge in [0, 0.05) is 8.58 Å². The Labute approximate surface area is 63.3 Å². The van der Waals surface area contributed by atoms with Crippen LogP contribution in [-0.2, 0) is 0 Å². The molecule has 1 aromatic carbocycles. The van der Waals surface area contributed by atoms with E-state index in [-0.39, 0.29) is 11.6 Å². The molecule has 0 fully saturated rings. The molecule has 1 rings (SSSR count). The summed E-state index contributed by atoms with van der Waals surface area (Å²) in [5, 5.41) is 0. The van der Waals surface area contributed by atoms with Crippen molar-refractivity contribution in [1.29, 1.82) is 0 Å². The van der Waals surface area contributed by atoms with E-state index in [2.05, 4.69) is 15.9 Å². The average molecular weight is 175 g/mol. The Kier molecular flexibility index (Phi) is 0.730. The number of hydrogen-bond acceptors (Lipinski definition) is 0. The van der Waals surface area contributed by atoms with Gasteiger partial charge in [0.05, 0.1) is 1.37 Å². The Morgan fingerprint density at radius 2 is 2.62 bits per heavy atom. The van der Waals surface area contributed by atoms with Crippen molar-refractivity contribution in [2.75, 3.05) is 0 Å². The summed E-state index contributed by atoms with van der Waals surface area (Å²) in [4.78, 5) is 0. The minimum Gasteiger partial charge on any atom is -0.0619 e. The van der Waals surface area contributed by atoms with Gasteiger partial charge in [-0.2, -0.15) is 0 Å². The predicted molar refractivity (Wildman–Crippen MR) is 38.9 cm³/mol. The molecule has 0 aliphatic carbocycles. The summed E-state index contributed by atoms with van der Waals surface area (Å²) in [7, 11) is 0. The molecule has 0 radical (unpaired) electrons. The van der Waals surface area contributed by atoms with E-state index in [1.54, 1.807) is 12.1 Å². The fourth-order valence-electron chi connectivity index (χ4n) is 0.417. The van der Waals surface area contributed by atoms with Gasteiger partial charge in [0.15, 0.2) is 0 Å². The highest BCUT2D eigenvalue weighted by atomic mass is 79.9. The van der Waals surface area contributed by atoms with Crippen molar-refractivity contribution < 1.29 is 5.48 Å². The molecule has 0 saturated carbocycles. The molecule has 42 valence electrons. The Balaban J connectivity index is 3.26. The maximum Gasteiger partial charge on any atom is 0.0635 e. The third-order valence-electron chi connectivity index (χ3n) is 0.806. The van der Waals surface area contributed by atoms with Crippen LogP contribution in [0, 0.1) is 6.85 Å². The predicted octanol–water partition coefficient (Wildman–Crippen LogP) is 2.76. The van der Waals surface area contributed by atoms with Crippen LogP contribution in [0.4, 0.5) is 0 Å². The highest BCUT2D eigenvalue weighted by Crippen LogP contribution is 2.13. The van der Waals surface area contributed by atoms with Crippen LogP contribution in [0.3, 0.4) is 0 Å². The summed E-state index contributed by atoms with van der Waals surface area (Å²) in [6.07, 6.45) is 0. The first-order valence-corrected chi connectivity index (χ1v) is 2.98. The lowest BCUT2D eigenvalue weighted by Gasteiger charge is -1.91. The number of aryl methyl sites for hydroxylation is 1. The van der Waals surface area contributed by atoms with Crippen molar-refractivity contribution in [3.05, 3.63) is 34.3 Å². The normalized spacial score (nSPS) is 18.1. The molecular formula is C7H7Br. The minimum absolute atomic E-state index is 0.190. The van der Waals surface area contributed by atoms with E-state index >= 15 is 0 Å². The van der Waals surface area contributed by atoms with E-state index in [9.17, 15) is 0 Å². The van der Waals surface area contributed by atoms with Crippen LogP contribution < -0.4 is 0 Å². The van der Waals surface area contributed by atoms with Crippen molar-refractivity contribution in [3.8, 4) is 0 Å². The van der Waals surface area contributed by atoms with Gasteiger partial charge in [0.25, 0.3) is 0 Å². The van der Waals surface area contributed by atoms with Gasteiger partial charge in [-0.15, -0.1) is 0 Å². The number of benzene rings is 1. The lowest BCUT2D eigenvalue weighted by atomic mass is 10.2. The van der Waals surface area contributed by atoms with Gasteiger partial charge in [0.1, 0.15) is 0 Å². The SMILES string of the molecule is [2H]c1cccc(C([2H])([2H])[2H])c1Br. The third kappa shape index (κ3) is 1.10. The number of halogens is 1. The summed E-state index contributed by atoms with van der Waals surface area (Å²) in [6.45, 7) is -2.14. The van der Waals surface area contributed by atoms with Crippen molar-refractivity contribution in [3.63, 3.8) is 0 Å². The molecule has 0 atom stereocenters. The maximum absolute atomic E-state index is 7.34. The molecule has 0 aromatic heterocycles. The standard InChI is InChI=1S/C7H7Br/c1-6-4-2-3-5-7(6)8/h2-5H,1H3/i1D3,5D. The number of rotatable bonds is 0. The second-order valence-corrected chi connectivity index (χ2v) is 2.19. The van der Waals surface area contributed by atoms with Gasteiger partial charge < -0.3 is 0 Å². The quantitative estimate of drug-likeness (QED) is 0.568. The zero-order valence-electron chi connectivity index (χ0n) is 8.11. The largest absolute Gasteiger partial charge is 0.0635 e. The monoisotopic (exact) mass is 174 g/mol. The fraction of sp³-hybridized carbons (Fsp3) is 0.143. The van der Waals surface area contributed by atoms with Gasteiger partial charge in [-0.25, -0.2) is 0 Å². The lowest BCUT2D eigenvalue weighted by Crippen LogP contribution is -1.69. The van der Waals surface area contributed by atoms with Crippen LogP contribution in [0.5, 0.6) is 0 Å². The molecule has 0 bridgehead atoms. The fourth-order valence-corrected chi connectivity index (χ4v) is 0.681. The van der Waals surface area contributed by atoms with Crippen LogP contribution in [0.25, 0.3) is 0 Å². The van der Waals surface area contributed by atoms with Crippen molar-refractivity contribution in [2.24, 2.45) is 0 Å². The molecule has 0 nitrogen and oxygen atoms in total. The minimum atomic E-state index is -2.14. The van der Waals surface area contributed by atoms with E-state index < -0.39 is 6.85 Å². The molecule has 0 aliphatic heterocycles. The van der Waals surface area contributed by atoms with E-state index in [4.69, 9.17) is 5.48 Å². The Morgan fingerprint density at radius 1 is 1.75 bits per heavy atom. The molecule has 0 amide bonds. The summed E-state index contributed by atoms with van der Waals surface area (Å²) in [6, 6.07) is 4.80. The van der Waals surface area contributed by atoms with Gasteiger partial charge in [-0.1, -0.05) is 34.1 Å². The van der Waals surface area contributed by atoms with Crippen LogP contribution in [0.1, 0.15) is 11.0 Å². The Bertz CT molecular complexity index is 292. The average Bonchev–Trinajstić information content (AvgIpc) is 1.92. The molecule has 0 unspecified atom stereocenters. The smallest absolute Gasteiger partial charge is 0.0619 e. The summed E-state index contributed by atoms with van der Waals surface area (Å²) >= 11 is 3.07. The van der Waals surface area contributed by atoms with Gasteiger partial charge in [-0.05, 0) is 18.5 Å². The van der Waals surface area contributed by atoms with E-state index in [0.717, 1.165) is 0 Å². The van der Waals surface area contributed by atoms with Gasteiger partial charge >= 0.3 is 0 Å². The Morgan fingerprint density at radius 3 is 3.25 bits per heavy atom. The van der Waals surface area contributed by atoms with Crippen LogP contribution in [-0.4, -0.2) is 0 Å².